The molecule has 13 heavy (non-hydrogen) atoms. The molecule has 0 unspecified atom stereocenters. The third-order valence-corrected chi connectivity index (χ3v) is 1.67. The van der Waals surface area contributed by atoms with E-state index in [1.807, 2.05) is 0 Å². The lowest BCUT2D eigenvalue weighted by atomic mass is 10.1. The summed E-state index contributed by atoms with van der Waals surface area (Å²) in [7, 11) is 0. The number of hydrazone groups is 1. The summed E-state index contributed by atoms with van der Waals surface area (Å²) in [5, 5.41) is 15.1. The second-order valence-corrected chi connectivity index (χ2v) is 2.71. The Bertz CT molecular complexity index is 349. The van der Waals surface area contributed by atoms with Crippen molar-refractivity contribution in [2.45, 2.75) is 0 Å². The van der Waals surface area contributed by atoms with Crippen LogP contribution in [0.15, 0.2) is 34.5 Å². The predicted molar refractivity (Wildman–Crippen MR) is 52.5 cm³/mol. The summed E-state index contributed by atoms with van der Waals surface area (Å²) in [6.45, 7) is 0. The van der Waals surface area contributed by atoms with E-state index >= 15 is 0 Å². The number of nitrogens with zero attached hydrogens (tertiary/aromatic N) is 2. The largest absolute Gasteiger partial charge is 0.411 e. The fraction of sp³-hybridized carbons (Fsp3) is 0. The van der Waals surface area contributed by atoms with Crippen LogP contribution in [-0.4, -0.2) is 17.1 Å². The van der Waals surface area contributed by atoms with E-state index in [1.54, 1.807) is 24.3 Å². The molecule has 4 nitrogen and oxygen atoms in total. The smallest absolute Gasteiger partial charge is 0.112 e. The maximum atomic E-state index is 8.30. The molecule has 0 bridgehead atoms. The van der Waals surface area contributed by atoms with Gasteiger partial charge in [0, 0.05) is 10.6 Å². The highest BCUT2D eigenvalue weighted by Crippen LogP contribution is 2.10. The molecule has 0 aliphatic rings. The summed E-state index contributed by atoms with van der Waals surface area (Å²) < 4.78 is 0. The van der Waals surface area contributed by atoms with Gasteiger partial charge in [0.2, 0.25) is 0 Å². The van der Waals surface area contributed by atoms with Gasteiger partial charge in [0.25, 0.3) is 0 Å². The van der Waals surface area contributed by atoms with Gasteiger partial charge in [0.15, 0.2) is 0 Å². The highest BCUT2D eigenvalue weighted by Gasteiger charge is 2.00. The van der Waals surface area contributed by atoms with Crippen LogP contribution in [0.4, 0.5) is 0 Å². The van der Waals surface area contributed by atoms with Crippen LogP contribution in [0.1, 0.15) is 5.56 Å². The van der Waals surface area contributed by atoms with Crippen LogP contribution in [-0.2, 0) is 0 Å². The van der Waals surface area contributed by atoms with Gasteiger partial charge >= 0.3 is 0 Å². The molecule has 1 aromatic rings. The molecule has 0 spiro atoms. The van der Waals surface area contributed by atoms with Gasteiger partial charge in [-0.3, -0.25) is 0 Å². The van der Waals surface area contributed by atoms with E-state index in [4.69, 9.17) is 22.7 Å². The molecule has 68 valence electrons. The van der Waals surface area contributed by atoms with E-state index in [0.29, 0.717) is 16.3 Å². The van der Waals surface area contributed by atoms with Crippen molar-refractivity contribution >= 4 is 23.5 Å². The zero-order valence-electron chi connectivity index (χ0n) is 6.68. The van der Waals surface area contributed by atoms with Crippen LogP contribution in [0.3, 0.4) is 0 Å². The molecule has 0 radical (unpaired) electrons. The molecular weight excluding hydrogens is 190 g/mol. The minimum Gasteiger partial charge on any atom is -0.411 e. The number of halogens is 1. The SMILES string of the molecule is NN=C(C=NO)c1cccc(Cl)c1. The van der Waals surface area contributed by atoms with Gasteiger partial charge in [0.05, 0.1) is 6.21 Å². The van der Waals surface area contributed by atoms with E-state index in [1.165, 1.54) is 0 Å². The van der Waals surface area contributed by atoms with E-state index in [2.05, 4.69) is 10.3 Å². The first-order chi connectivity index (χ1) is 6.27. The Balaban J connectivity index is 3.06. The molecule has 3 N–H and O–H groups in total. The number of nitrogens with two attached hydrogens (primary N) is 1. The van der Waals surface area contributed by atoms with Crippen LogP contribution >= 0.6 is 11.6 Å². The van der Waals surface area contributed by atoms with Crippen molar-refractivity contribution in [2.24, 2.45) is 16.1 Å². The van der Waals surface area contributed by atoms with E-state index in [9.17, 15) is 0 Å². The molecule has 5 heteroatoms. The van der Waals surface area contributed by atoms with Crippen LogP contribution in [0, 0.1) is 0 Å². The Morgan fingerprint density at radius 1 is 1.54 bits per heavy atom. The van der Waals surface area contributed by atoms with Crippen molar-refractivity contribution in [2.75, 3.05) is 0 Å². The van der Waals surface area contributed by atoms with Gasteiger partial charge in [-0.1, -0.05) is 28.9 Å². The predicted octanol–water partition coefficient (Wildman–Crippen LogP) is 1.46. The molecule has 1 rings (SSSR count). The van der Waals surface area contributed by atoms with Crippen LogP contribution in [0.25, 0.3) is 0 Å². The van der Waals surface area contributed by atoms with Crippen molar-refractivity contribution in [3.05, 3.63) is 34.9 Å². The molecule has 0 saturated carbocycles. The number of hydrogen-bond acceptors (Lipinski definition) is 4. The Labute approximate surface area is 80.3 Å². The number of hydrogen-bond donors (Lipinski definition) is 2. The molecule has 0 amide bonds. The topological polar surface area (TPSA) is 71.0 Å². The van der Waals surface area contributed by atoms with Gasteiger partial charge in [-0.2, -0.15) is 5.10 Å². The maximum absolute atomic E-state index is 8.30. The third kappa shape index (κ3) is 2.45. The van der Waals surface area contributed by atoms with E-state index < -0.39 is 0 Å². The molecule has 0 aromatic heterocycles. The minimum atomic E-state index is 0.366. The lowest BCUT2D eigenvalue weighted by molar-refractivity contribution is 0.322. The van der Waals surface area contributed by atoms with Gasteiger partial charge < -0.3 is 11.0 Å². The summed E-state index contributed by atoms with van der Waals surface area (Å²) in [6.07, 6.45) is 1.14. The number of oxime groups is 1. The van der Waals surface area contributed by atoms with E-state index in [0.717, 1.165) is 6.21 Å². The molecule has 0 heterocycles. The molecule has 0 saturated heterocycles. The second-order valence-electron chi connectivity index (χ2n) is 2.27. The van der Waals surface area contributed by atoms with Gasteiger partial charge in [0.1, 0.15) is 5.71 Å². The first-order valence-electron chi connectivity index (χ1n) is 3.49. The fourth-order valence-corrected chi connectivity index (χ4v) is 1.08. The summed E-state index contributed by atoms with van der Waals surface area (Å²) >= 11 is 5.74. The van der Waals surface area contributed by atoms with Crippen LogP contribution < -0.4 is 5.84 Å². The zero-order valence-corrected chi connectivity index (χ0v) is 7.44. The number of rotatable bonds is 2. The molecule has 1 aromatic carbocycles. The number of benzene rings is 1. The standard InChI is InChI=1S/C8H8ClN3O/c9-7-3-1-2-6(4-7)8(12-10)5-11-13/h1-5,13H,10H2. The van der Waals surface area contributed by atoms with Crippen molar-refractivity contribution in [3.63, 3.8) is 0 Å². The summed E-state index contributed by atoms with van der Waals surface area (Å²) in [4.78, 5) is 0. The first-order valence-corrected chi connectivity index (χ1v) is 3.87. The van der Waals surface area contributed by atoms with E-state index in [-0.39, 0.29) is 0 Å². The second kappa shape index (κ2) is 4.47. The maximum Gasteiger partial charge on any atom is 0.112 e. The van der Waals surface area contributed by atoms with Crippen molar-refractivity contribution in [3.8, 4) is 0 Å². The van der Waals surface area contributed by atoms with Gasteiger partial charge in [-0.25, -0.2) is 0 Å². The molecule has 0 aliphatic heterocycles. The molecular formula is C8H8ClN3O. The Kier molecular flexibility index (Phi) is 3.28. The average molecular weight is 198 g/mol. The quantitative estimate of drug-likeness (QED) is 0.326. The Morgan fingerprint density at radius 3 is 2.85 bits per heavy atom. The Morgan fingerprint density at radius 2 is 2.31 bits per heavy atom. The highest BCUT2D eigenvalue weighted by molar-refractivity contribution is 6.39. The van der Waals surface area contributed by atoms with Gasteiger partial charge in [-0.15, -0.1) is 0 Å². The highest BCUT2D eigenvalue weighted by atomic mass is 35.5. The minimum absolute atomic E-state index is 0.366. The average Bonchev–Trinajstić information content (AvgIpc) is 2.14. The third-order valence-electron chi connectivity index (χ3n) is 1.44. The summed E-state index contributed by atoms with van der Waals surface area (Å²) in [5.41, 5.74) is 1.07. The van der Waals surface area contributed by atoms with Crippen LogP contribution in [0.5, 0.6) is 0 Å². The molecule has 0 aliphatic carbocycles. The zero-order chi connectivity index (χ0) is 9.68. The monoisotopic (exact) mass is 197 g/mol. The lowest BCUT2D eigenvalue weighted by Crippen LogP contribution is -2.05. The first kappa shape index (κ1) is 9.54. The van der Waals surface area contributed by atoms with Crippen molar-refractivity contribution in [1.82, 2.24) is 0 Å². The fourth-order valence-electron chi connectivity index (χ4n) is 0.885. The normalized spacial score (nSPS) is 12.2. The van der Waals surface area contributed by atoms with Gasteiger partial charge in [-0.05, 0) is 12.1 Å². The Hall–Kier alpha value is -1.55. The van der Waals surface area contributed by atoms with Crippen LogP contribution in [0.2, 0.25) is 5.02 Å². The lowest BCUT2D eigenvalue weighted by Gasteiger charge is -1.98. The molecule has 0 fully saturated rings. The summed E-state index contributed by atoms with van der Waals surface area (Å²) in [6, 6.07) is 6.93. The van der Waals surface area contributed by atoms with Crippen molar-refractivity contribution in [1.29, 1.82) is 0 Å². The van der Waals surface area contributed by atoms with Crippen molar-refractivity contribution < 1.29 is 5.21 Å². The molecule has 0 atom stereocenters. The summed E-state index contributed by atoms with van der Waals surface area (Å²) in [5.74, 6) is 5.08.